The van der Waals surface area contributed by atoms with Crippen molar-refractivity contribution in [1.82, 2.24) is 0 Å². The van der Waals surface area contributed by atoms with Crippen LogP contribution in [0.2, 0.25) is 0 Å². The van der Waals surface area contributed by atoms with Crippen LogP contribution in [0.15, 0.2) is 18.2 Å². The second-order valence-electron chi connectivity index (χ2n) is 5.09. The van der Waals surface area contributed by atoms with E-state index in [1.165, 1.54) is 12.7 Å². The smallest absolute Gasteiger partial charge is 0.305 e. The number of carbonyl (C=O) groups excluding carboxylic acids is 1. The maximum absolute atomic E-state index is 11.0. The van der Waals surface area contributed by atoms with E-state index in [0.29, 0.717) is 26.2 Å². The van der Waals surface area contributed by atoms with E-state index in [1.807, 2.05) is 25.1 Å². The predicted molar refractivity (Wildman–Crippen MR) is 77.6 cm³/mol. The van der Waals surface area contributed by atoms with Crippen molar-refractivity contribution in [2.75, 3.05) is 20.5 Å². The number of hydrogen-bond acceptors (Lipinski definition) is 5. The molecule has 21 heavy (non-hydrogen) atoms. The first-order valence-corrected chi connectivity index (χ1v) is 7.26. The fraction of sp³-hybridized carbons (Fsp3) is 0.562. The van der Waals surface area contributed by atoms with Gasteiger partial charge in [-0.1, -0.05) is 6.07 Å². The molecule has 1 aliphatic rings. The average molecular weight is 294 g/mol. The second kappa shape index (κ2) is 7.88. The summed E-state index contributed by atoms with van der Waals surface area (Å²) in [4.78, 5) is 11.0. The third-order valence-electron chi connectivity index (χ3n) is 3.43. The minimum absolute atomic E-state index is 0.0702. The zero-order valence-electron chi connectivity index (χ0n) is 12.6. The van der Waals surface area contributed by atoms with Crippen molar-refractivity contribution in [3.8, 4) is 11.5 Å². The third-order valence-corrected chi connectivity index (χ3v) is 3.43. The Morgan fingerprint density at radius 1 is 1.33 bits per heavy atom. The summed E-state index contributed by atoms with van der Waals surface area (Å²) in [5, 5.41) is 0. The van der Waals surface area contributed by atoms with Gasteiger partial charge in [-0.15, -0.1) is 0 Å². The first-order valence-electron chi connectivity index (χ1n) is 7.26. The summed E-state index contributed by atoms with van der Waals surface area (Å²) in [5.41, 5.74) is 1.21. The molecule has 1 atom stereocenters. The van der Waals surface area contributed by atoms with Crippen LogP contribution in [0, 0.1) is 0 Å². The molecule has 0 N–H and O–H groups in total. The minimum atomic E-state index is -0.189. The summed E-state index contributed by atoms with van der Waals surface area (Å²) in [6.07, 6.45) is 3.03. The van der Waals surface area contributed by atoms with Crippen molar-refractivity contribution < 1.29 is 23.7 Å². The first kappa shape index (κ1) is 15.6. The zero-order chi connectivity index (χ0) is 15.1. The molecule has 0 radical (unpaired) electrons. The first-order chi connectivity index (χ1) is 10.2. The largest absolute Gasteiger partial charge is 0.469 e. The minimum Gasteiger partial charge on any atom is -0.469 e. The Bertz CT molecular complexity index is 472. The highest BCUT2D eigenvalue weighted by molar-refractivity contribution is 5.69. The van der Waals surface area contributed by atoms with Crippen molar-refractivity contribution in [1.29, 1.82) is 0 Å². The second-order valence-corrected chi connectivity index (χ2v) is 5.09. The quantitative estimate of drug-likeness (QED) is 0.545. The zero-order valence-corrected chi connectivity index (χ0v) is 12.6. The van der Waals surface area contributed by atoms with Crippen LogP contribution in [-0.2, 0) is 20.7 Å². The van der Waals surface area contributed by atoms with E-state index < -0.39 is 0 Å². The Kier molecular flexibility index (Phi) is 5.87. The van der Waals surface area contributed by atoms with Crippen LogP contribution in [0.3, 0.4) is 0 Å². The van der Waals surface area contributed by atoms with E-state index in [1.54, 1.807) is 0 Å². The number of benzene rings is 1. The number of carbonyl (C=O) groups is 1. The number of esters is 1. The molecule has 0 saturated heterocycles. The highest BCUT2D eigenvalue weighted by Crippen LogP contribution is 2.32. The van der Waals surface area contributed by atoms with Gasteiger partial charge in [0.25, 0.3) is 0 Å². The van der Waals surface area contributed by atoms with Gasteiger partial charge in [0, 0.05) is 13.0 Å². The van der Waals surface area contributed by atoms with Crippen molar-refractivity contribution in [2.45, 2.75) is 38.7 Å². The molecule has 1 heterocycles. The average Bonchev–Trinajstić information content (AvgIpc) is 2.96. The van der Waals surface area contributed by atoms with Gasteiger partial charge in [0.1, 0.15) is 0 Å². The van der Waals surface area contributed by atoms with Crippen molar-refractivity contribution in [2.24, 2.45) is 0 Å². The number of aryl methyl sites for hydroxylation is 1. The van der Waals surface area contributed by atoms with Crippen molar-refractivity contribution in [3.63, 3.8) is 0 Å². The van der Waals surface area contributed by atoms with E-state index in [2.05, 4.69) is 4.74 Å². The Balaban J connectivity index is 1.62. The summed E-state index contributed by atoms with van der Waals surface area (Å²) < 4.78 is 20.9. The van der Waals surface area contributed by atoms with Crippen LogP contribution in [0.25, 0.3) is 0 Å². The summed E-state index contributed by atoms with van der Waals surface area (Å²) in [5.74, 6) is 1.44. The fourth-order valence-corrected chi connectivity index (χ4v) is 2.16. The van der Waals surface area contributed by atoms with Crippen LogP contribution < -0.4 is 9.47 Å². The van der Waals surface area contributed by atoms with Crippen LogP contribution in [-0.4, -0.2) is 32.6 Å². The summed E-state index contributed by atoms with van der Waals surface area (Å²) in [7, 11) is 1.40. The van der Waals surface area contributed by atoms with Crippen LogP contribution >= 0.6 is 0 Å². The number of fused-ring (bicyclic) bond motifs is 1. The van der Waals surface area contributed by atoms with E-state index in [0.717, 1.165) is 24.3 Å². The van der Waals surface area contributed by atoms with Crippen LogP contribution in [0.5, 0.6) is 11.5 Å². The molecule has 5 heteroatoms. The van der Waals surface area contributed by atoms with E-state index in [4.69, 9.17) is 14.2 Å². The molecule has 0 bridgehead atoms. The number of hydrogen-bond donors (Lipinski definition) is 0. The lowest BCUT2D eigenvalue weighted by atomic mass is 10.1. The molecule has 1 aromatic rings. The lowest BCUT2D eigenvalue weighted by Gasteiger charge is -2.12. The summed E-state index contributed by atoms with van der Waals surface area (Å²) in [6.45, 7) is 2.96. The molecule has 1 unspecified atom stereocenters. The molecule has 5 nitrogen and oxygen atoms in total. The van der Waals surface area contributed by atoms with Crippen molar-refractivity contribution in [3.05, 3.63) is 23.8 Å². The van der Waals surface area contributed by atoms with Gasteiger partial charge in [-0.3, -0.25) is 4.79 Å². The van der Waals surface area contributed by atoms with Gasteiger partial charge in [0.2, 0.25) is 6.79 Å². The van der Waals surface area contributed by atoms with Gasteiger partial charge >= 0.3 is 5.97 Å². The van der Waals surface area contributed by atoms with Gasteiger partial charge in [-0.25, -0.2) is 0 Å². The van der Waals surface area contributed by atoms with Crippen LogP contribution in [0.4, 0.5) is 0 Å². The summed E-state index contributed by atoms with van der Waals surface area (Å²) >= 11 is 0. The maximum Gasteiger partial charge on any atom is 0.305 e. The standard InChI is InChI=1S/C16H22O5/c1-12(5-8-16(17)18-2)19-9-3-4-13-6-7-14-15(10-13)21-11-20-14/h6-7,10,12H,3-5,8-9,11H2,1-2H3. The number of ether oxygens (including phenoxy) is 4. The molecule has 0 fully saturated rings. The van der Waals surface area contributed by atoms with Gasteiger partial charge in [-0.05, 0) is 43.9 Å². The molecule has 0 spiro atoms. The van der Waals surface area contributed by atoms with Crippen LogP contribution in [0.1, 0.15) is 31.7 Å². The highest BCUT2D eigenvalue weighted by Gasteiger charge is 2.13. The van der Waals surface area contributed by atoms with Gasteiger partial charge in [0.15, 0.2) is 11.5 Å². The molecule has 0 saturated carbocycles. The van der Waals surface area contributed by atoms with E-state index in [9.17, 15) is 4.79 Å². The molecule has 1 aliphatic heterocycles. The van der Waals surface area contributed by atoms with E-state index >= 15 is 0 Å². The normalized spacial score (nSPS) is 14.0. The molecular formula is C16H22O5. The molecule has 0 aliphatic carbocycles. The van der Waals surface area contributed by atoms with Crippen molar-refractivity contribution >= 4 is 5.97 Å². The molecular weight excluding hydrogens is 272 g/mol. The van der Waals surface area contributed by atoms with Gasteiger partial charge < -0.3 is 18.9 Å². The Morgan fingerprint density at radius 2 is 2.14 bits per heavy atom. The van der Waals surface area contributed by atoms with Gasteiger partial charge in [0.05, 0.1) is 13.2 Å². The molecule has 0 amide bonds. The monoisotopic (exact) mass is 294 g/mol. The highest BCUT2D eigenvalue weighted by atomic mass is 16.7. The predicted octanol–water partition coefficient (Wildman–Crippen LogP) is 2.71. The lowest BCUT2D eigenvalue weighted by molar-refractivity contribution is -0.141. The Morgan fingerprint density at radius 3 is 2.95 bits per heavy atom. The molecule has 116 valence electrons. The number of methoxy groups -OCH3 is 1. The molecule has 0 aromatic heterocycles. The Labute approximate surface area is 125 Å². The topological polar surface area (TPSA) is 54.0 Å². The van der Waals surface area contributed by atoms with Gasteiger partial charge in [-0.2, -0.15) is 0 Å². The SMILES string of the molecule is COC(=O)CCC(C)OCCCc1ccc2c(c1)OCO2. The maximum atomic E-state index is 11.0. The van der Waals surface area contributed by atoms with E-state index in [-0.39, 0.29) is 12.1 Å². The molecule has 2 rings (SSSR count). The third kappa shape index (κ3) is 4.93. The lowest BCUT2D eigenvalue weighted by Crippen LogP contribution is -2.12. The molecule has 1 aromatic carbocycles. The summed E-state index contributed by atoms with van der Waals surface area (Å²) in [6, 6.07) is 6.01. The Hall–Kier alpha value is -1.75. The number of rotatable bonds is 8. The fourth-order valence-electron chi connectivity index (χ4n) is 2.16.